The molecule has 4 heteroatoms. The summed E-state index contributed by atoms with van der Waals surface area (Å²) in [5.74, 6) is 0. The highest BCUT2D eigenvalue weighted by atomic mass is 35.5. The van der Waals surface area contributed by atoms with Crippen molar-refractivity contribution in [3.63, 3.8) is 0 Å². The van der Waals surface area contributed by atoms with Crippen molar-refractivity contribution in [3.8, 4) is 6.07 Å². The molecular formula is C14H12ClN3. The predicted octanol–water partition coefficient (Wildman–Crippen LogP) is 3.24. The monoisotopic (exact) mass is 257 g/mol. The number of nitrogens with zero attached hydrogens (tertiary/aromatic N) is 3. The molecule has 0 N–H and O–H groups in total. The molecule has 0 amide bonds. The summed E-state index contributed by atoms with van der Waals surface area (Å²) in [5.41, 5.74) is 2.43. The topological polar surface area (TPSA) is 39.9 Å². The molecule has 0 radical (unpaired) electrons. The summed E-state index contributed by atoms with van der Waals surface area (Å²) < 4.78 is 0. The SMILES string of the molecule is CN(Cc1ccccn1)c1ccc(C#N)cc1Cl. The van der Waals surface area contributed by atoms with Gasteiger partial charge in [0.15, 0.2) is 0 Å². The summed E-state index contributed by atoms with van der Waals surface area (Å²) in [7, 11) is 1.95. The molecule has 0 aliphatic heterocycles. The van der Waals surface area contributed by atoms with Gasteiger partial charge in [-0.15, -0.1) is 0 Å². The molecule has 0 atom stereocenters. The van der Waals surface area contributed by atoms with Gasteiger partial charge in [-0.2, -0.15) is 5.26 Å². The van der Waals surface area contributed by atoms with Crippen LogP contribution in [0.4, 0.5) is 5.69 Å². The van der Waals surface area contributed by atoms with E-state index >= 15 is 0 Å². The Hall–Kier alpha value is -2.05. The quantitative estimate of drug-likeness (QED) is 0.847. The largest absolute Gasteiger partial charge is 0.367 e. The van der Waals surface area contributed by atoms with Gasteiger partial charge >= 0.3 is 0 Å². The first kappa shape index (κ1) is 12.4. The van der Waals surface area contributed by atoms with Gasteiger partial charge in [0.25, 0.3) is 0 Å². The standard InChI is InChI=1S/C14H12ClN3/c1-18(10-12-4-2-3-7-17-12)14-6-5-11(9-16)8-13(14)15/h2-8H,10H2,1H3. The van der Waals surface area contributed by atoms with E-state index in [2.05, 4.69) is 11.1 Å². The first-order valence-electron chi connectivity index (χ1n) is 5.51. The number of nitriles is 1. The van der Waals surface area contributed by atoms with Gasteiger partial charge < -0.3 is 4.90 Å². The van der Waals surface area contributed by atoms with E-state index in [1.807, 2.05) is 36.2 Å². The summed E-state index contributed by atoms with van der Waals surface area (Å²) >= 11 is 6.16. The third-order valence-electron chi connectivity index (χ3n) is 2.61. The minimum absolute atomic E-state index is 0.565. The minimum atomic E-state index is 0.565. The Labute approximate surface area is 111 Å². The predicted molar refractivity (Wildman–Crippen MR) is 72.5 cm³/mol. The second-order valence-electron chi connectivity index (χ2n) is 3.96. The molecule has 0 fully saturated rings. The van der Waals surface area contributed by atoms with E-state index in [0.717, 1.165) is 11.4 Å². The van der Waals surface area contributed by atoms with Crippen LogP contribution < -0.4 is 4.90 Å². The van der Waals surface area contributed by atoms with E-state index < -0.39 is 0 Å². The fourth-order valence-corrected chi connectivity index (χ4v) is 2.03. The lowest BCUT2D eigenvalue weighted by atomic mass is 10.2. The lowest BCUT2D eigenvalue weighted by Crippen LogP contribution is -2.17. The zero-order valence-electron chi connectivity index (χ0n) is 9.97. The Morgan fingerprint density at radius 3 is 2.78 bits per heavy atom. The molecular weight excluding hydrogens is 246 g/mol. The van der Waals surface area contributed by atoms with Gasteiger partial charge in [-0.25, -0.2) is 0 Å². The molecule has 0 aliphatic carbocycles. The summed E-state index contributed by atoms with van der Waals surface area (Å²) in [6.07, 6.45) is 1.77. The average molecular weight is 258 g/mol. The third-order valence-corrected chi connectivity index (χ3v) is 2.92. The maximum Gasteiger partial charge on any atom is 0.0992 e. The first-order valence-corrected chi connectivity index (χ1v) is 5.89. The zero-order chi connectivity index (χ0) is 13.0. The molecule has 2 rings (SSSR count). The van der Waals surface area contributed by atoms with Crippen LogP contribution in [0.1, 0.15) is 11.3 Å². The van der Waals surface area contributed by atoms with Crippen LogP contribution >= 0.6 is 11.6 Å². The molecule has 0 saturated heterocycles. The number of pyridine rings is 1. The molecule has 3 nitrogen and oxygen atoms in total. The number of aromatic nitrogens is 1. The molecule has 1 aromatic carbocycles. The molecule has 1 heterocycles. The second kappa shape index (κ2) is 5.52. The lowest BCUT2D eigenvalue weighted by Gasteiger charge is -2.20. The number of anilines is 1. The van der Waals surface area contributed by atoms with Crippen molar-refractivity contribution in [1.29, 1.82) is 5.26 Å². The van der Waals surface area contributed by atoms with Gasteiger partial charge in [-0.3, -0.25) is 4.98 Å². The second-order valence-corrected chi connectivity index (χ2v) is 4.36. The normalized spacial score (nSPS) is 9.83. The Morgan fingerprint density at radius 2 is 2.17 bits per heavy atom. The summed E-state index contributed by atoms with van der Waals surface area (Å²) in [6, 6.07) is 13.2. The summed E-state index contributed by atoms with van der Waals surface area (Å²) in [6.45, 7) is 0.673. The van der Waals surface area contributed by atoms with E-state index in [4.69, 9.17) is 16.9 Å². The van der Waals surface area contributed by atoms with Crippen LogP contribution in [0.5, 0.6) is 0 Å². The maximum absolute atomic E-state index is 8.79. The van der Waals surface area contributed by atoms with Crippen molar-refractivity contribution in [2.45, 2.75) is 6.54 Å². The summed E-state index contributed by atoms with van der Waals surface area (Å²) in [5, 5.41) is 9.37. The molecule has 0 spiro atoms. The fourth-order valence-electron chi connectivity index (χ4n) is 1.71. The third kappa shape index (κ3) is 2.79. The molecule has 2 aromatic rings. The van der Waals surface area contributed by atoms with Crippen molar-refractivity contribution >= 4 is 17.3 Å². The van der Waals surface area contributed by atoms with Crippen LogP contribution in [0.2, 0.25) is 5.02 Å². The first-order chi connectivity index (χ1) is 8.70. The Kier molecular flexibility index (Phi) is 3.81. The highest BCUT2D eigenvalue weighted by Crippen LogP contribution is 2.26. The molecule has 18 heavy (non-hydrogen) atoms. The maximum atomic E-state index is 8.79. The summed E-state index contributed by atoms with van der Waals surface area (Å²) in [4.78, 5) is 6.28. The van der Waals surface area contributed by atoms with E-state index in [-0.39, 0.29) is 0 Å². The van der Waals surface area contributed by atoms with Gasteiger partial charge in [0.1, 0.15) is 0 Å². The van der Waals surface area contributed by atoms with Gasteiger partial charge in [0.2, 0.25) is 0 Å². The number of rotatable bonds is 3. The van der Waals surface area contributed by atoms with Crippen molar-refractivity contribution in [2.75, 3.05) is 11.9 Å². The van der Waals surface area contributed by atoms with E-state index in [9.17, 15) is 0 Å². The van der Waals surface area contributed by atoms with Crippen molar-refractivity contribution < 1.29 is 0 Å². The Bertz CT molecular complexity index is 575. The van der Waals surface area contributed by atoms with Crippen LogP contribution in [-0.2, 0) is 6.54 Å². The Morgan fingerprint density at radius 1 is 1.33 bits per heavy atom. The number of hydrogen-bond donors (Lipinski definition) is 0. The molecule has 0 bridgehead atoms. The van der Waals surface area contributed by atoms with Gasteiger partial charge in [0.05, 0.1) is 34.6 Å². The molecule has 90 valence electrons. The fraction of sp³-hybridized carbons (Fsp3) is 0.143. The number of benzene rings is 1. The van der Waals surface area contributed by atoms with Crippen LogP contribution in [0.15, 0.2) is 42.6 Å². The highest BCUT2D eigenvalue weighted by molar-refractivity contribution is 6.33. The molecule has 0 aliphatic rings. The Balaban J connectivity index is 2.19. The average Bonchev–Trinajstić information content (AvgIpc) is 2.39. The van der Waals surface area contributed by atoms with Crippen LogP contribution in [0, 0.1) is 11.3 Å². The van der Waals surface area contributed by atoms with Crippen LogP contribution in [-0.4, -0.2) is 12.0 Å². The number of hydrogen-bond acceptors (Lipinski definition) is 3. The molecule has 0 saturated carbocycles. The zero-order valence-corrected chi connectivity index (χ0v) is 10.7. The minimum Gasteiger partial charge on any atom is -0.367 e. The van der Waals surface area contributed by atoms with E-state index in [0.29, 0.717) is 17.1 Å². The van der Waals surface area contributed by atoms with Crippen molar-refractivity contribution in [2.24, 2.45) is 0 Å². The lowest BCUT2D eigenvalue weighted by molar-refractivity contribution is 0.885. The highest BCUT2D eigenvalue weighted by Gasteiger charge is 2.08. The van der Waals surface area contributed by atoms with Gasteiger partial charge in [-0.05, 0) is 30.3 Å². The number of halogens is 1. The molecule has 0 unspecified atom stereocenters. The molecule has 1 aromatic heterocycles. The van der Waals surface area contributed by atoms with Crippen molar-refractivity contribution in [3.05, 3.63) is 58.9 Å². The van der Waals surface area contributed by atoms with Gasteiger partial charge in [-0.1, -0.05) is 17.7 Å². The van der Waals surface area contributed by atoms with E-state index in [1.54, 1.807) is 18.3 Å². The smallest absolute Gasteiger partial charge is 0.0992 e. The van der Waals surface area contributed by atoms with Crippen LogP contribution in [0.25, 0.3) is 0 Å². The van der Waals surface area contributed by atoms with Gasteiger partial charge in [0, 0.05) is 13.2 Å². The van der Waals surface area contributed by atoms with Crippen LogP contribution in [0.3, 0.4) is 0 Å². The van der Waals surface area contributed by atoms with E-state index in [1.165, 1.54) is 0 Å². The van der Waals surface area contributed by atoms with Crippen molar-refractivity contribution in [1.82, 2.24) is 4.98 Å².